The van der Waals surface area contributed by atoms with Crippen LogP contribution in [0.3, 0.4) is 0 Å². The van der Waals surface area contributed by atoms with Gasteiger partial charge in [-0.25, -0.2) is 0 Å². The quantitative estimate of drug-likeness (QED) is 0.739. The van der Waals surface area contributed by atoms with Crippen molar-refractivity contribution < 1.29 is 9.59 Å². The molecular formula is C15H21Cl2N3O2. The highest BCUT2D eigenvalue weighted by Gasteiger charge is 2.18. The third kappa shape index (κ3) is 5.48. The Morgan fingerprint density at radius 2 is 1.86 bits per heavy atom. The molecule has 0 saturated carbocycles. The molecule has 2 atom stereocenters. The third-order valence-corrected chi connectivity index (χ3v) is 3.81. The van der Waals surface area contributed by atoms with Crippen LogP contribution in [-0.2, 0) is 9.59 Å². The third-order valence-electron chi connectivity index (χ3n) is 3.25. The first-order valence-corrected chi connectivity index (χ1v) is 7.75. The smallest absolute Gasteiger partial charge is 0.239 e. The van der Waals surface area contributed by atoms with E-state index in [1.54, 1.807) is 25.1 Å². The highest BCUT2D eigenvalue weighted by atomic mass is 35.5. The van der Waals surface area contributed by atoms with Crippen LogP contribution in [0.15, 0.2) is 18.2 Å². The van der Waals surface area contributed by atoms with Gasteiger partial charge in [-0.15, -0.1) is 0 Å². The molecule has 1 unspecified atom stereocenters. The van der Waals surface area contributed by atoms with Crippen LogP contribution in [0.25, 0.3) is 0 Å². The largest absolute Gasteiger partial charge is 0.348 e. The Labute approximate surface area is 140 Å². The number of carbonyl (C=O) groups is 2. The van der Waals surface area contributed by atoms with Crippen molar-refractivity contribution in [1.82, 2.24) is 10.6 Å². The first-order chi connectivity index (χ1) is 10.2. The summed E-state index contributed by atoms with van der Waals surface area (Å²) in [6.45, 7) is 5.35. The van der Waals surface area contributed by atoms with Crippen molar-refractivity contribution in [3.05, 3.63) is 33.8 Å². The Morgan fingerprint density at radius 1 is 1.23 bits per heavy atom. The molecule has 0 radical (unpaired) electrons. The van der Waals surface area contributed by atoms with E-state index in [1.807, 2.05) is 13.8 Å². The van der Waals surface area contributed by atoms with Gasteiger partial charge in [-0.05, 0) is 30.5 Å². The van der Waals surface area contributed by atoms with E-state index in [0.29, 0.717) is 10.0 Å². The molecule has 0 heterocycles. The van der Waals surface area contributed by atoms with Gasteiger partial charge < -0.3 is 16.4 Å². The Morgan fingerprint density at radius 3 is 2.41 bits per heavy atom. The number of amides is 2. The van der Waals surface area contributed by atoms with Gasteiger partial charge >= 0.3 is 0 Å². The molecule has 0 aromatic heterocycles. The van der Waals surface area contributed by atoms with Crippen LogP contribution in [0.5, 0.6) is 0 Å². The molecule has 0 spiro atoms. The van der Waals surface area contributed by atoms with Crippen molar-refractivity contribution >= 4 is 35.0 Å². The first-order valence-electron chi connectivity index (χ1n) is 7.00. The molecule has 0 aliphatic carbocycles. The zero-order chi connectivity index (χ0) is 16.9. The minimum Gasteiger partial charge on any atom is -0.348 e. The van der Waals surface area contributed by atoms with E-state index in [0.717, 1.165) is 5.56 Å². The number of nitrogens with one attached hydrogen (secondary N) is 2. The van der Waals surface area contributed by atoms with Gasteiger partial charge in [0.1, 0.15) is 0 Å². The number of nitrogens with two attached hydrogens (primary N) is 1. The lowest BCUT2D eigenvalue weighted by Crippen LogP contribution is -2.47. The number of hydrogen-bond donors (Lipinski definition) is 3. The molecule has 1 rings (SSSR count). The minimum absolute atomic E-state index is 0.00913. The molecule has 4 N–H and O–H groups in total. The normalized spacial score (nSPS) is 13.6. The van der Waals surface area contributed by atoms with Crippen LogP contribution in [0.2, 0.25) is 10.0 Å². The Balaban J connectivity index is 2.53. The molecular weight excluding hydrogens is 325 g/mol. The lowest BCUT2D eigenvalue weighted by Gasteiger charge is -2.18. The van der Waals surface area contributed by atoms with E-state index in [9.17, 15) is 9.59 Å². The van der Waals surface area contributed by atoms with Crippen LogP contribution in [-0.4, -0.2) is 24.4 Å². The summed E-state index contributed by atoms with van der Waals surface area (Å²) in [4.78, 5) is 23.6. The maximum Gasteiger partial charge on any atom is 0.239 e. The molecule has 0 aliphatic rings. The monoisotopic (exact) mass is 345 g/mol. The molecule has 2 amide bonds. The van der Waals surface area contributed by atoms with Crippen LogP contribution in [0, 0.1) is 5.92 Å². The first kappa shape index (κ1) is 18.7. The number of rotatable bonds is 6. The zero-order valence-corrected chi connectivity index (χ0v) is 14.3. The molecule has 0 aliphatic heterocycles. The van der Waals surface area contributed by atoms with E-state index in [1.165, 1.54) is 0 Å². The summed E-state index contributed by atoms with van der Waals surface area (Å²) in [5, 5.41) is 6.28. The SMILES string of the molecule is CC(NC(=O)CNC(=O)[C@@H](N)C(C)C)c1ccc(Cl)cc1Cl. The lowest BCUT2D eigenvalue weighted by atomic mass is 10.1. The summed E-state index contributed by atoms with van der Waals surface area (Å²) in [5.74, 6) is -0.653. The number of benzene rings is 1. The van der Waals surface area contributed by atoms with E-state index >= 15 is 0 Å². The maximum atomic E-state index is 11.9. The van der Waals surface area contributed by atoms with E-state index in [-0.39, 0.29) is 30.3 Å². The number of halogens is 2. The fourth-order valence-corrected chi connectivity index (χ4v) is 2.38. The van der Waals surface area contributed by atoms with E-state index in [4.69, 9.17) is 28.9 Å². The molecule has 1 aromatic carbocycles. The van der Waals surface area contributed by atoms with Gasteiger partial charge in [0.05, 0.1) is 18.6 Å². The van der Waals surface area contributed by atoms with Crippen molar-refractivity contribution in [3.8, 4) is 0 Å². The summed E-state index contributed by atoms with van der Waals surface area (Å²) in [5.41, 5.74) is 6.45. The molecule has 0 bridgehead atoms. The second-order valence-electron chi connectivity index (χ2n) is 5.44. The molecule has 7 heteroatoms. The van der Waals surface area contributed by atoms with Gasteiger partial charge in [-0.1, -0.05) is 43.1 Å². The molecule has 5 nitrogen and oxygen atoms in total. The molecule has 1 aromatic rings. The predicted octanol–water partition coefficient (Wildman–Crippen LogP) is 2.27. The van der Waals surface area contributed by atoms with Gasteiger partial charge in [0, 0.05) is 10.0 Å². The fourth-order valence-electron chi connectivity index (χ4n) is 1.81. The van der Waals surface area contributed by atoms with Crippen molar-refractivity contribution in [2.24, 2.45) is 11.7 Å². The average molecular weight is 346 g/mol. The summed E-state index contributed by atoms with van der Waals surface area (Å²) >= 11 is 11.9. The Bertz CT molecular complexity index is 550. The molecule has 22 heavy (non-hydrogen) atoms. The van der Waals surface area contributed by atoms with Crippen molar-refractivity contribution in [3.63, 3.8) is 0 Å². The van der Waals surface area contributed by atoms with Gasteiger partial charge in [0.15, 0.2) is 0 Å². The van der Waals surface area contributed by atoms with Crippen molar-refractivity contribution in [1.29, 1.82) is 0 Å². The second-order valence-corrected chi connectivity index (χ2v) is 6.29. The fraction of sp³-hybridized carbons (Fsp3) is 0.467. The van der Waals surface area contributed by atoms with E-state index in [2.05, 4.69) is 10.6 Å². The van der Waals surface area contributed by atoms with Gasteiger partial charge in [-0.3, -0.25) is 9.59 Å². The Hall–Kier alpha value is -1.30. The summed E-state index contributed by atoms with van der Waals surface area (Å²) < 4.78 is 0. The molecule has 122 valence electrons. The topological polar surface area (TPSA) is 84.2 Å². The highest BCUT2D eigenvalue weighted by Crippen LogP contribution is 2.25. The van der Waals surface area contributed by atoms with Gasteiger partial charge in [0.25, 0.3) is 0 Å². The van der Waals surface area contributed by atoms with Crippen LogP contribution in [0.1, 0.15) is 32.4 Å². The molecule has 0 fully saturated rings. The predicted molar refractivity (Wildman–Crippen MR) is 88.8 cm³/mol. The lowest BCUT2D eigenvalue weighted by molar-refractivity contribution is -0.127. The maximum absolute atomic E-state index is 11.9. The standard InChI is InChI=1S/C15H21Cl2N3O2/c1-8(2)14(18)15(22)19-7-13(21)20-9(3)11-5-4-10(16)6-12(11)17/h4-6,8-9,14H,7,18H2,1-3H3,(H,19,22)(H,20,21)/t9?,14-/m0/s1. The van der Waals surface area contributed by atoms with Gasteiger partial charge in [0.2, 0.25) is 11.8 Å². The second kappa shape index (κ2) is 8.36. The highest BCUT2D eigenvalue weighted by molar-refractivity contribution is 6.35. The van der Waals surface area contributed by atoms with Gasteiger partial charge in [-0.2, -0.15) is 0 Å². The van der Waals surface area contributed by atoms with Crippen molar-refractivity contribution in [2.75, 3.05) is 6.54 Å². The van der Waals surface area contributed by atoms with Crippen LogP contribution < -0.4 is 16.4 Å². The number of carbonyl (C=O) groups excluding carboxylic acids is 2. The van der Waals surface area contributed by atoms with Crippen molar-refractivity contribution in [2.45, 2.75) is 32.9 Å². The zero-order valence-electron chi connectivity index (χ0n) is 12.8. The minimum atomic E-state index is -0.629. The molecule has 0 saturated heterocycles. The van der Waals surface area contributed by atoms with Crippen LogP contribution in [0.4, 0.5) is 0 Å². The summed E-state index contributed by atoms with van der Waals surface area (Å²) in [7, 11) is 0. The summed E-state index contributed by atoms with van der Waals surface area (Å²) in [6, 6.07) is 4.14. The number of hydrogen-bond acceptors (Lipinski definition) is 3. The Kier molecular flexibility index (Phi) is 7.13. The van der Waals surface area contributed by atoms with Crippen LogP contribution >= 0.6 is 23.2 Å². The van der Waals surface area contributed by atoms with E-state index < -0.39 is 6.04 Å². The summed E-state index contributed by atoms with van der Waals surface area (Å²) in [6.07, 6.45) is 0. The average Bonchev–Trinajstić information content (AvgIpc) is 2.43.